The van der Waals surface area contributed by atoms with E-state index < -0.39 is 0 Å². The summed E-state index contributed by atoms with van der Waals surface area (Å²) in [5.41, 5.74) is 2.08. The molecular weight excluding hydrogens is 262 g/mol. The summed E-state index contributed by atoms with van der Waals surface area (Å²) in [5, 5.41) is 7.58. The van der Waals surface area contributed by atoms with Gasteiger partial charge >= 0.3 is 0 Å². The topological polar surface area (TPSA) is 51.0 Å². The lowest BCUT2D eigenvalue weighted by molar-refractivity contribution is 0.281. The summed E-state index contributed by atoms with van der Waals surface area (Å²) in [5.74, 6) is 2.82. The molecule has 1 aliphatic carbocycles. The second kappa shape index (κ2) is 5.88. The molecule has 1 fully saturated rings. The predicted octanol–water partition coefficient (Wildman–Crippen LogP) is 4.28. The Morgan fingerprint density at radius 1 is 1.10 bits per heavy atom. The molecular formula is C17H23N3O. The number of anilines is 1. The van der Waals surface area contributed by atoms with Gasteiger partial charge in [-0.2, -0.15) is 4.98 Å². The van der Waals surface area contributed by atoms with Crippen molar-refractivity contribution in [1.29, 1.82) is 0 Å². The standard InChI is InChI=1S/C17H23N3O/c1-11-8-12(2)10-14(9-11)19-16-7-5-4-6-15(16)17-18-13(3)20-21-17/h4-7,11-12,14,19H,8-10H2,1-3H3. The molecule has 1 N–H and O–H groups in total. The highest BCUT2D eigenvalue weighted by molar-refractivity contribution is 5.72. The van der Waals surface area contributed by atoms with E-state index in [1.165, 1.54) is 19.3 Å². The van der Waals surface area contributed by atoms with E-state index in [4.69, 9.17) is 4.52 Å². The van der Waals surface area contributed by atoms with E-state index in [2.05, 4.69) is 35.4 Å². The quantitative estimate of drug-likeness (QED) is 0.914. The van der Waals surface area contributed by atoms with E-state index in [-0.39, 0.29) is 0 Å². The number of hydrogen-bond donors (Lipinski definition) is 1. The fraction of sp³-hybridized carbons (Fsp3) is 0.529. The van der Waals surface area contributed by atoms with Crippen molar-refractivity contribution in [2.75, 3.05) is 5.32 Å². The molecule has 21 heavy (non-hydrogen) atoms. The number of hydrogen-bond acceptors (Lipinski definition) is 4. The molecule has 112 valence electrons. The average Bonchev–Trinajstić information content (AvgIpc) is 2.85. The van der Waals surface area contributed by atoms with Crippen molar-refractivity contribution in [3.8, 4) is 11.5 Å². The van der Waals surface area contributed by atoms with Crippen LogP contribution in [0.3, 0.4) is 0 Å². The molecule has 3 rings (SSSR count). The van der Waals surface area contributed by atoms with Crippen molar-refractivity contribution >= 4 is 5.69 Å². The zero-order chi connectivity index (χ0) is 14.8. The summed E-state index contributed by atoms with van der Waals surface area (Å²) in [6, 6.07) is 8.70. The minimum absolute atomic E-state index is 0.522. The Kier molecular flexibility index (Phi) is 3.95. The fourth-order valence-corrected chi connectivity index (χ4v) is 3.49. The van der Waals surface area contributed by atoms with Gasteiger partial charge in [-0.15, -0.1) is 0 Å². The highest BCUT2D eigenvalue weighted by atomic mass is 16.5. The smallest absolute Gasteiger partial charge is 0.260 e. The summed E-state index contributed by atoms with van der Waals surface area (Å²) >= 11 is 0. The highest BCUT2D eigenvalue weighted by Gasteiger charge is 2.24. The Balaban J connectivity index is 1.82. The van der Waals surface area contributed by atoms with Crippen molar-refractivity contribution < 1.29 is 4.52 Å². The Morgan fingerprint density at radius 2 is 1.81 bits per heavy atom. The third kappa shape index (κ3) is 3.26. The largest absolute Gasteiger partial charge is 0.382 e. The molecule has 2 aromatic rings. The molecule has 1 heterocycles. The van der Waals surface area contributed by atoms with Gasteiger partial charge in [-0.3, -0.25) is 0 Å². The molecule has 4 heteroatoms. The molecule has 2 unspecified atom stereocenters. The van der Waals surface area contributed by atoms with Crippen molar-refractivity contribution in [2.24, 2.45) is 11.8 Å². The van der Waals surface area contributed by atoms with Crippen LogP contribution in [0, 0.1) is 18.8 Å². The van der Waals surface area contributed by atoms with Gasteiger partial charge in [0.05, 0.1) is 5.56 Å². The molecule has 0 saturated heterocycles. The second-order valence-corrected chi connectivity index (χ2v) is 6.45. The minimum atomic E-state index is 0.522. The van der Waals surface area contributed by atoms with Crippen LogP contribution in [0.25, 0.3) is 11.5 Å². The molecule has 1 aromatic carbocycles. The number of aromatic nitrogens is 2. The van der Waals surface area contributed by atoms with Gasteiger partial charge in [0, 0.05) is 11.7 Å². The van der Waals surface area contributed by atoms with E-state index in [0.717, 1.165) is 23.1 Å². The van der Waals surface area contributed by atoms with Crippen LogP contribution in [0.4, 0.5) is 5.69 Å². The number of nitrogens with one attached hydrogen (secondary N) is 1. The molecule has 0 radical (unpaired) electrons. The third-order valence-electron chi connectivity index (χ3n) is 4.22. The van der Waals surface area contributed by atoms with Crippen molar-refractivity contribution in [3.63, 3.8) is 0 Å². The van der Waals surface area contributed by atoms with E-state index in [0.29, 0.717) is 17.8 Å². The summed E-state index contributed by atoms with van der Waals surface area (Å²) < 4.78 is 5.32. The second-order valence-electron chi connectivity index (χ2n) is 6.45. The monoisotopic (exact) mass is 285 g/mol. The molecule has 1 aliphatic rings. The molecule has 4 nitrogen and oxygen atoms in total. The van der Waals surface area contributed by atoms with Gasteiger partial charge in [-0.25, -0.2) is 0 Å². The predicted molar refractivity (Wildman–Crippen MR) is 84.1 cm³/mol. The van der Waals surface area contributed by atoms with Crippen LogP contribution in [0.15, 0.2) is 28.8 Å². The van der Waals surface area contributed by atoms with Crippen LogP contribution in [-0.2, 0) is 0 Å². The van der Waals surface area contributed by atoms with E-state index in [9.17, 15) is 0 Å². The lowest BCUT2D eigenvalue weighted by Gasteiger charge is -2.33. The van der Waals surface area contributed by atoms with E-state index in [1.54, 1.807) is 0 Å². The Hall–Kier alpha value is -1.84. The number of aryl methyl sites for hydroxylation is 1. The van der Waals surface area contributed by atoms with Crippen LogP contribution >= 0.6 is 0 Å². The molecule has 0 aliphatic heterocycles. The first kappa shape index (κ1) is 14.1. The van der Waals surface area contributed by atoms with Crippen molar-refractivity contribution in [3.05, 3.63) is 30.1 Å². The molecule has 1 aromatic heterocycles. The summed E-state index contributed by atoms with van der Waals surface area (Å²) in [4.78, 5) is 4.35. The first-order chi connectivity index (χ1) is 10.1. The summed E-state index contributed by atoms with van der Waals surface area (Å²) in [7, 11) is 0. The number of nitrogens with zero attached hydrogens (tertiary/aromatic N) is 2. The average molecular weight is 285 g/mol. The van der Waals surface area contributed by atoms with E-state index >= 15 is 0 Å². The highest BCUT2D eigenvalue weighted by Crippen LogP contribution is 2.33. The third-order valence-corrected chi connectivity index (χ3v) is 4.22. The van der Waals surface area contributed by atoms with Gasteiger partial charge in [0.1, 0.15) is 0 Å². The normalized spacial score (nSPS) is 25.8. The zero-order valence-corrected chi connectivity index (χ0v) is 13.0. The number of benzene rings is 1. The van der Waals surface area contributed by atoms with Gasteiger partial charge < -0.3 is 9.84 Å². The Bertz CT molecular complexity index is 598. The molecule has 0 amide bonds. The lowest BCUT2D eigenvalue weighted by atomic mass is 9.80. The molecule has 2 atom stereocenters. The van der Waals surface area contributed by atoms with Crippen LogP contribution in [-0.4, -0.2) is 16.2 Å². The maximum Gasteiger partial charge on any atom is 0.260 e. The summed E-state index contributed by atoms with van der Waals surface area (Å²) in [6.07, 6.45) is 3.78. The van der Waals surface area contributed by atoms with Crippen LogP contribution in [0.2, 0.25) is 0 Å². The summed E-state index contributed by atoms with van der Waals surface area (Å²) in [6.45, 7) is 6.53. The first-order valence-electron chi connectivity index (χ1n) is 7.78. The molecule has 0 spiro atoms. The van der Waals surface area contributed by atoms with Crippen LogP contribution in [0.1, 0.15) is 38.9 Å². The van der Waals surface area contributed by atoms with E-state index in [1.807, 2.05) is 25.1 Å². The SMILES string of the molecule is Cc1noc(-c2ccccc2NC2CC(C)CC(C)C2)n1. The number of para-hydroxylation sites is 1. The Labute approximate surface area is 126 Å². The molecule has 1 saturated carbocycles. The van der Waals surface area contributed by atoms with Crippen molar-refractivity contribution in [2.45, 2.75) is 46.1 Å². The lowest BCUT2D eigenvalue weighted by Crippen LogP contribution is -2.30. The zero-order valence-electron chi connectivity index (χ0n) is 13.0. The van der Waals surface area contributed by atoms with Gasteiger partial charge in [0.15, 0.2) is 5.82 Å². The maximum atomic E-state index is 5.32. The minimum Gasteiger partial charge on any atom is -0.382 e. The van der Waals surface area contributed by atoms with Crippen LogP contribution < -0.4 is 5.32 Å². The first-order valence-corrected chi connectivity index (χ1v) is 7.78. The van der Waals surface area contributed by atoms with Crippen molar-refractivity contribution in [1.82, 2.24) is 10.1 Å². The van der Waals surface area contributed by atoms with Gasteiger partial charge in [-0.05, 0) is 50.2 Å². The maximum absolute atomic E-state index is 5.32. The van der Waals surface area contributed by atoms with Crippen LogP contribution in [0.5, 0.6) is 0 Å². The fourth-order valence-electron chi connectivity index (χ4n) is 3.49. The number of rotatable bonds is 3. The van der Waals surface area contributed by atoms with Gasteiger partial charge in [-0.1, -0.05) is 31.1 Å². The Morgan fingerprint density at radius 3 is 2.48 bits per heavy atom. The molecule has 0 bridgehead atoms. The van der Waals surface area contributed by atoms with Gasteiger partial charge in [0.25, 0.3) is 5.89 Å². The van der Waals surface area contributed by atoms with Gasteiger partial charge in [0.2, 0.25) is 0 Å².